The van der Waals surface area contributed by atoms with Gasteiger partial charge in [0.1, 0.15) is 5.82 Å². The number of aryl methyl sites for hydroxylation is 2. The van der Waals surface area contributed by atoms with E-state index in [0.29, 0.717) is 5.56 Å². The van der Waals surface area contributed by atoms with E-state index in [2.05, 4.69) is 20.9 Å². The van der Waals surface area contributed by atoms with Gasteiger partial charge in [-0.2, -0.15) is 0 Å². The summed E-state index contributed by atoms with van der Waals surface area (Å²) in [7, 11) is 1.96. The fraction of sp³-hybridized carbons (Fsp3) is 0.273. The number of hydrogen-bond acceptors (Lipinski definition) is 2. The number of carbonyl (C=O) groups excluding carboxylic acids is 1. The summed E-state index contributed by atoms with van der Waals surface area (Å²) in [5, 5.41) is 0. The quantitative estimate of drug-likeness (QED) is 0.744. The van der Waals surface area contributed by atoms with Crippen LogP contribution < -0.4 is 0 Å². The maximum atomic E-state index is 11.3. The van der Waals surface area contributed by atoms with Gasteiger partial charge in [0.2, 0.25) is 0 Å². The summed E-state index contributed by atoms with van der Waals surface area (Å²) in [4.78, 5) is 15.7. The monoisotopic (exact) mass is 266 g/mol. The van der Waals surface area contributed by atoms with Crippen LogP contribution in [0.3, 0.4) is 0 Å². The fourth-order valence-electron chi connectivity index (χ4n) is 1.60. The highest BCUT2D eigenvalue weighted by molar-refractivity contribution is 9.10. The number of aromatic nitrogens is 2. The first-order valence-electron chi connectivity index (χ1n) is 4.64. The molecule has 0 aliphatic heterocycles. The highest BCUT2D eigenvalue weighted by atomic mass is 79.9. The summed E-state index contributed by atoms with van der Waals surface area (Å²) in [5.41, 5.74) is 2.58. The van der Waals surface area contributed by atoms with E-state index in [-0.39, 0.29) is 5.78 Å². The van der Waals surface area contributed by atoms with E-state index in [0.717, 1.165) is 21.3 Å². The zero-order valence-corrected chi connectivity index (χ0v) is 10.4. The van der Waals surface area contributed by atoms with Gasteiger partial charge in [0.25, 0.3) is 0 Å². The first-order chi connectivity index (χ1) is 7.00. The number of Topliss-reactive ketones (excluding diaryl/α,β-unsaturated/α-hetero) is 1. The first-order valence-corrected chi connectivity index (χ1v) is 5.43. The van der Waals surface area contributed by atoms with E-state index in [4.69, 9.17) is 0 Å². The number of fused-ring (bicyclic) bond motifs is 1. The van der Waals surface area contributed by atoms with Crippen LogP contribution in [-0.2, 0) is 7.05 Å². The molecule has 78 valence electrons. The fourth-order valence-corrected chi connectivity index (χ4v) is 2.21. The number of rotatable bonds is 1. The first kappa shape index (κ1) is 10.4. The van der Waals surface area contributed by atoms with Gasteiger partial charge < -0.3 is 4.57 Å². The predicted molar refractivity (Wildman–Crippen MR) is 63.2 cm³/mol. The van der Waals surface area contributed by atoms with Crippen molar-refractivity contribution in [2.24, 2.45) is 7.05 Å². The maximum Gasteiger partial charge on any atom is 0.161 e. The Morgan fingerprint density at radius 3 is 2.73 bits per heavy atom. The Hall–Kier alpha value is -1.16. The van der Waals surface area contributed by atoms with Gasteiger partial charge in [-0.3, -0.25) is 4.79 Å². The minimum atomic E-state index is 0.0482. The molecule has 0 aliphatic carbocycles. The molecule has 0 radical (unpaired) electrons. The van der Waals surface area contributed by atoms with Gasteiger partial charge in [-0.15, -0.1) is 0 Å². The molecule has 3 nitrogen and oxygen atoms in total. The van der Waals surface area contributed by atoms with Crippen LogP contribution >= 0.6 is 15.9 Å². The van der Waals surface area contributed by atoms with Crippen molar-refractivity contribution in [3.05, 3.63) is 28.0 Å². The molecule has 0 spiro atoms. The minimum Gasteiger partial charge on any atom is -0.331 e. The molecule has 4 heteroatoms. The van der Waals surface area contributed by atoms with Crippen molar-refractivity contribution in [1.82, 2.24) is 9.55 Å². The van der Waals surface area contributed by atoms with Crippen LogP contribution in [0.2, 0.25) is 0 Å². The molecular weight excluding hydrogens is 256 g/mol. The standard InChI is InChI=1S/C11H11BrN2O/c1-6(15)8-4-10-11(5-9(8)12)14(3)7(2)13-10/h4-5H,1-3H3. The van der Waals surface area contributed by atoms with Crippen LogP contribution in [0.5, 0.6) is 0 Å². The van der Waals surface area contributed by atoms with Crippen LogP contribution in [0.4, 0.5) is 0 Å². The van der Waals surface area contributed by atoms with Crippen LogP contribution in [0.25, 0.3) is 11.0 Å². The molecule has 0 fully saturated rings. The molecular formula is C11H11BrN2O. The summed E-state index contributed by atoms with van der Waals surface area (Å²) in [6.07, 6.45) is 0. The molecule has 0 saturated heterocycles. The molecule has 2 aromatic rings. The number of hydrogen-bond donors (Lipinski definition) is 0. The molecule has 0 atom stereocenters. The van der Waals surface area contributed by atoms with Crippen molar-refractivity contribution >= 4 is 32.7 Å². The zero-order chi connectivity index (χ0) is 11.2. The molecule has 0 amide bonds. The molecule has 0 aliphatic rings. The number of nitrogens with zero attached hydrogens (tertiary/aromatic N) is 2. The second kappa shape index (κ2) is 3.45. The third-order valence-electron chi connectivity index (χ3n) is 2.57. The molecule has 1 aromatic heterocycles. The summed E-state index contributed by atoms with van der Waals surface area (Å²) < 4.78 is 2.83. The SMILES string of the molecule is CC(=O)c1cc2nc(C)n(C)c2cc1Br. The Labute approximate surface area is 96.2 Å². The Kier molecular flexibility index (Phi) is 2.38. The topological polar surface area (TPSA) is 34.9 Å². The smallest absolute Gasteiger partial charge is 0.161 e. The number of ketones is 1. The Bertz CT molecular complexity index is 557. The van der Waals surface area contributed by atoms with Gasteiger partial charge in [0.05, 0.1) is 11.0 Å². The summed E-state index contributed by atoms with van der Waals surface area (Å²) in [5.74, 6) is 0.990. The van der Waals surface area contributed by atoms with Crippen molar-refractivity contribution in [3.8, 4) is 0 Å². The van der Waals surface area contributed by atoms with Crippen LogP contribution in [0.15, 0.2) is 16.6 Å². The highest BCUT2D eigenvalue weighted by Gasteiger charge is 2.11. The van der Waals surface area contributed by atoms with Crippen molar-refractivity contribution in [1.29, 1.82) is 0 Å². The highest BCUT2D eigenvalue weighted by Crippen LogP contribution is 2.24. The molecule has 1 heterocycles. The van der Waals surface area contributed by atoms with E-state index in [1.54, 1.807) is 6.92 Å². The van der Waals surface area contributed by atoms with E-state index in [1.807, 2.05) is 30.7 Å². The number of carbonyl (C=O) groups is 1. The molecule has 15 heavy (non-hydrogen) atoms. The Morgan fingerprint density at radius 2 is 2.13 bits per heavy atom. The molecule has 1 aromatic carbocycles. The van der Waals surface area contributed by atoms with Gasteiger partial charge in [0, 0.05) is 17.1 Å². The predicted octanol–water partition coefficient (Wildman–Crippen LogP) is 2.85. The van der Waals surface area contributed by atoms with Crippen LogP contribution in [0, 0.1) is 6.92 Å². The Balaban J connectivity index is 2.82. The lowest BCUT2D eigenvalue weighted by atomic mass is 10.1. The molecule has 0 unspecified atom stereocenters. The van der Waals surface area contributed by atoms with Crippen molar-refractivity contribution in [2.45, 2.75) is 13.8 Å². The van der Waals surface area contributed by atoms with Crippen molar-refractivity contribution in [2.75, 3.05) is 0 Å². The second-order valence-electron chi connectivity index (χ2n) is 3.59. The number of halogens is 1. The van der Waals surface area contributed by atoms with Crippen LogP contribution in [-0.4, -0.2) is 15.3 Å². The lowest BCUT2D eigenvalue weighted by Gasteiger charge is -2.01. The number of imidazole rings is 1. The van der Waals surface area contributed by atoms with E-state index in [9.17, 15) is 4.79 Å². The lowest BCUT2D eigenvalue weighted by molar-refractivity contribution is 0.101. The summed E-state index contributed by atoms with van der Waals surface area (Å²) in [6, 6.07) is 3.76. The third kappa shape index (κ3) is 1.59. The van der Waals surface area contributed by atoms with Gasteiger partial charge >= 0.3 is 0 Å². The zero-order valence-electron chi connectivity index (χ0n) is 8.84. The third-order valence-corrected chi connectivity index (χ3v) is 3.23. The average Bonchev–Trinajstić information content (AvgIpc) is 2.43. The largest absolute Gasteiger partial charge is 0.331 e. The molecule has 0 N–H and O–H groups in total. The normalized spacial score (nSPS) is 10.9. The molecule has 0 bridgehead atoms. The Morgan fingerprint density at radius 1 is 1.47 bits per heavy atom. The van der Waals surface area contributed by atoms with Crippen molar-refractivity contribution < 1.29 is 4.79 Å². The van der Waals surface area contributed by atoms with E-state index >= 15 is 0 Å². The second-order valence-corrected chi connectivity index (χ2v) is 4.45. The minimum absolute atomic E-state index is 0.0482. The van der Waals surface area contributed by atoms with Crippen molar-refractivity contribution in [3.63, 3.8) is 0 Å². The van der Waals surface area contributed by atoms with E-state index in [1.165, 1.54) is 0 Å². The van der Waals surface area contributed by atoms with Gasteiger partial charge in [-0.1, -0.05) is 0 Å². The van der Waals surface area contributed by atoms with Gasteiger partial charge in [0.15, 0.2) is 5.78 Å². The molecule has 0 saturated carbocycles. The number of benzene rings is 1. The van der Waals surface area contributed by atoms with Gasteiger partial charge in [-0.25, -0.2) is 4.98 Å². The van der Waals surface area contributed by atoms with E-state index < -0.39 is 0 Å². The van der Waals surface area contributed by atoms with Gasteiger partial charge in [-0.05, 0) is 41.9 Å². The summed E-state index contributed by atoms with van der Waals surface area (Å²) >= 11 is 3.40. The average molecular weight is 267 g/mol. The van der Waals surface area contributed by atoms with Crippen LogP contribution in [0.1, 0.15) is 23.1 Å². The lowest BCUT2D eigenvalue weighted by Crippen LogP contribution is -1.94. The molecule has 2 rings (SSSR count). The maximum absolute atomic E-state index is 11.3. The summed E-state index contributed by atoms with van der Waals surface area (Å²) in [6.45, 7) is 3.50.